The minimum absolute atomic E-state index is 0.474. The molecule has 0 radical (unpaired) electrons. The summed E-state index contributed by atoms with van der Waals surface area (Å²) in [5.41, 5.74) is 4.38. The molecule has 0 aliphatic heterocycles. The van der Waals surface area contributed by atoms with Crippen LogP contribution in [0.3, 0.4) is 0 Å². The van der Waals surface area contributed by atoms with Crippen LogP contribution in [0, 0.1) is 13.8 Å². The summed E-state index contributed by atoms with van der Waals surface area (Å²) < 4.78 is 1.04. The lowest BCUT2D eigenvalue weighted by molar-refractivity contribution is 0.173. The predicted octanol–water partition coefficient (Wildman–Crippen LogP) is 3.67. The first-order valence-electron chi connectivity index (χ1n) is 5.65. The third-order valence-electron chi connectivity index (χ3n) is 3.09. The van der Waals surface area contributed by atoms with Crippen LogP contribution in [0.1, 0.15) is 28.5 Å². The van der Waals surface area contributed by atoms with E-state index in [9.17, 15) is 5.11 Å². The Morgan fingerprint density at radius 2 is 2.12 bits per heavy atom. The van der Waals surface area contributed by atoms with Crippen LogP contribution in [0.25, 0.3) is 0 Å². The second-order valence-electron chi connectivity index (χ2n) is 4.36. The lowest BCUT2D eigenvalue weighted by atomic mass is 10.0. The second-order valence-corrected chi connectivity index (χ2v) is 5.28. The van der Waals surface area contributed by atoms with E-state index >= 15 is 0 Å². The Balaban J connectivity index is 2.17. The normalized spacial score (nSPS) is 12.7. The van der Waals surface area contributed by atoms with Crippen molar-refractivity contribution in [1.82, 2.24) is 4.98 Å². The van der Waals surface area contributed by atoms with Gasteiger partial charge in [0, 0.05) is 22.8 Å². The minimum atomic E-state index is -0.474. The van der Waals surface area contributed by atoms with Crippen molar-refractivity contribution in [2.24, 2.45) is 0 Å². The Labute approximate surface area is 110 Å². The van der Waals surface area contributed by atoms with E-state index in [2.05, 4.69) is 20.9 Å². The van der Waals surface area contributed by atoms with Crippen LogP contribution < -0.4 is 0 Å². The van der Waals surface area contributed by atoms with Gasteiger partial charge in [0.05, 0.1) is 6.10 Å². The first-order chi connectivity index (χ1) is 8.08. The zero-order chi connectivity index (χ0) is 12.4. The zero-order valence-corrected chi connectivity index (χ0v) is 11.6. The van der Waals surface area contributed by atoms with Gasteiger partial charge in [-0.25, -0.2) is 0 Å². The number of aryl methyl sites for hydroxylation is 1. The number of hydrogen-bond acceptors (Lipinski definition) is 1. The molecular formula is C14H16BrNO. The molecule has 1 atom stereocenters. The third kappa shape index (κ3) is 2.79. The lowest BCUT2D eigenvalue weighted by Gasteiger charge is -2.11. The minimum Gasteiger partial charge on any atom is -0.387 e. The van der Waals surface area contributed by atoms with Gasteiger partial charge in [0.15, 0.2) is 0 Å². The van der Waals surface area contributed by atoms with E-state index in [0.717, 1.165) is 21.3 Å². The highest BCUT2D eigenvalue weighted by molar-refractivity contribution is 9.10. The number of rotatable bonds is 3. The van der Waals surface area contributed by atoms with E-state index in [-0.39, 0.29) is 0 Å². The maximum atomic E-state index is 10.2. The van der Waals surface area contributed by atoms with E-state index < -0.39 is 6.10 Å². The summed E-state index contributed by atoms with van der Waals surface area (Å²) in [6, 6.07) is 8.03. The highest BCUT2D eigenvalue weighted by Crippen LogP contribution is 2.23. The first-order valence-corrected chi connectivity index (χ1v) is 6.44. The molecule has 90 valence electrons. The molecule has 0 spiro atoms. The van der Waals surface area contributed by atoms with Gasteiger partial charge in [-0.15, -0.1) is 0 Å². The van der Waals surface area contributed by atoms with Crippen molar-refractivity contribution < 1.29 is 5.11 Å². The van der Waals surface area contributed by atoms with Gasteiger partial charge in [0.1, 0.15) is 0 Å². The van der Waals surface area contributed by atoms with Crippen LogP contribution in [-0.2, 0) is 6.42 Å². The van der Waals surface area contributed by atoms with Crippen molar-refractivity contribution in [2.45, 2.75) is 26.4 Å². The fraction of sp³-hybridized carbons (Fsp3) is 0.286. The topological polar surface area (TPSA) is 36.0 Å². The molecule has 0 saturated carbocycles. The molecule has 0 amide bonds. The summed E-state index contributed by atoms with van der Waals surface area (Å²) in [5, 5.41) is 10.2. The monoisotopic (exact) mass is 293 g/mol. The van der Waals surface area contributed by atoms with Crippen molar-refractivity contribution in [3.63, 3.8) is 0 Å². The number of halogens is 1. The van der Waals surface area contributed by atoms with Gasteiger partial charge in [-0.1, -0.05) is 28.1 Å². The smallest absolute Gasteiger partial charge is 0.0980 e. The van der Waals surface area contributed by atoms with Crippen molar-refractivity contribution in [2.75, 3.05) is 0 Å². The molecule has 0 aliphatic rings. The van der Waals surface area contributed by atoms with E-state index in [1.165, 1.54) is 5.56 Å². The van der Waals surface area contributed by atoms with E-state index in [1.54, 1.807) is 0 Å². The molecule has 1 unspecified atom stereocenters. The molecule has 0 bridgehead atoms. The maximum Gasteiger partial charge on any atom is 0.0980 e. The molecule has 1 aromatic heterocycles. The summed E-state index contributed by atoms with van der Waals surface area (Å²) in [7, 11) is 0. The number of nitrogens with one attached hydrogen (secondary N) is 1. The van der Waals surface area contributed by atoms with Crippen molar-refractivity contribution >= 4 is 15.9 Å². The van der Waals surface area contributed by atoms with E-state index in [4.69, 9.17) is 0 Å². The SMILES string of the molecule is Cc1c[nH]c(C(O)Cc2cccc(Br)c2)c1C. The molecule has 2 nitrogen and oxygen atoms in total. The lowest BCUT2D eigenvalue weighted by Crippen LogP contribution is -2.03. The quantitative estimate of drug-likeness (QED) is 0.890. The molecule has 17 heavy (non-hydrogen) atoms. The molecule has 2 rings (SSSR count). The molecule has 0 fully saturated rings. The number of hydrogen-bond donors (Lipinski definition) is 2. The average molecular weight is 294 g/mol. The Hall–Kier alpha value is -1.06. The van der Waals surface area contributed by atoms with Crippen LogP contribution in [0.2, 0.25) is 0 Å². The van der Waals surface area contributed by atoms with Gasteiger partial charge in [-0.3, -0.25) is 0 Å². The molecule has 0 aliphatic carbocycles. The van der Waals surface area contributed by atoms with Crippen LogP contribution in [0.4, 0.5) is 0 Å². The summed E-state index contributed by atoms with van der Waals surface area (Å²) >= 11 is 3.44. The highest BCUT2D eigenvalue weighted by Gasteiger charge is 2.14. The predicted molar refractivity (Wildman–Crippen MR) is 73.1 cm³/mol. The van der Waals surface area contributed by atoms with Crippen molar-refractivity contribution in [3.8, 4) is 0 Å². The van der Waals surface area contributed by atoms with E-state index in [0.29, 0.717) is 6.42 Å². The Morgan fingerprint density at radius 3 is 2.71 bits per heavy atom. The van der Waals surface area contributed by atoms with Gasteiger partial charge in [0.2, 0.25) is 0 Å². The van der Waals surface area contributed by atoms with Gasteiger partial charge in [0.25, 0.3) is 0 Å². The molecular weight excluding hydrogens is 278 g/mol. The Bertz CT molecular complexity index is 519. The number of aliphatic hydroxyl groups excluding tert-OH is 1. The fourth-order valence-electron chi connectivity index (χ4n) is 1.95. The standard InChI is InChI=1S/C14H16BrNO/c1-9-8-16-14(10(9)2)13(17)7-11-4-3-5-12(15)6-11/h3-6,8,13,16-17H,7H2,1-2H3. The first kappa shape index (κ1) is 12.4. The molecule has 0 saturated heterocycles. The van der Waals surface area contributed by atoms with Gasteiger partial charge in [-0.2, -0.15) is 0 Å². The number of aliphatic hydroxyl groups is 1. The fourth-order valence-corrected chi connectivity index (χ4v) is 2.40. The number of aromatic nitrogens is 1. The maximum absolute atomic E-state index is 10.2. The molecule has 3 heteroatoms. The number of benzene rings is 1. The molecule has 1 heterocycles. The third-order valence-corrected chi connectivity index (χ3v) is 3.58. The number of H-pyrrole nitrogens is 1. The molecule has 2 N–H and O–H groups in total. The summed E-state index contributed by atoms with van der Waals surface area (Å²) in [4.78, 5) is 3.15. The van der Waals surface area contributed by atoms with Crippen molar-refractivity contribution in [1.29, 1.82) is 0 Å². The Kier molecular flexibility index (Phi) is 3.69. The second kappa shape index (κ2) is 5.07. The largest absolute Gasteiger partial charge is 0.387 e. The van der Waals surface area contributed by atoms with Crippen LogP contribution in [0.5, 0.6) is 0 Å². The number of aromatic amines is 1. The van der Waals surface area contributed by atoms with Gasteiger partial charge in [-0.05, 0) is 42.7 Å². The van der Waals surface area contributed by atoms with Crippen LogP contribution in [-0.4, -0.2) is 10.1 Å². The van der Waals surface area contributed by atoms with Crippen molar-refractivity contribution in [3.05, 3.63) is 57.3 Å². The average Bonchev–Trinajstić information content (AvgIpc) is 2.60. The summed E-state index contributed by atoms with van der Waals surface area (Å²) in [5.74, 6) is 0. The van der Waals surface area contributed by atoms with Crippen LogP contribution >= 0.6 is 15.9 Å². The summed E-state index contributed by atoms with van der Waals surface area (Å²) in [6.45, 7) is 4.08. The van der Waals surface area contributed by atoms with E-state index in [1.807, 2.05) is 44.3 Å². The molecule has 1 aromatic carbocycles. The Morgan fingerprint density at radius 1 is 1.35 bits per heavy atom. The zero-order valence-electron chi connectivity index (χ0n) is 10.00. The highest BCUT2D eigenvalue weighted by atomic mass is 79.9. The van der Waals surface area contributed by atoms with Gasteiger partial charge >= 0.3 is 0 Å². The van der Waals surface area contributed by atoms with Crippen LogP contribution in [0.15, 0.2) is 34.9 Å². The van der Waals surface area contributed by atoms with Gasteiger partial charge < -0.3 is 10.1 Å². The summed E-state index contributed by atoms with van der Waals surface area (Å²) in [6.07, 6.45) is 2.09. The molecule has 2 aromatic rings.